The van der Waals surface area contributed by atoms with Crippen molar-refractivity contribution in [3.63, 3.8) is 0 Å². The van der Waals surface area contributed by atoms with Crippen LogP contribution in [0.3, 0.4) is 0 Å². The number of alkyl carbamates (subject to hydrolysis) is 1. The molecule has 230 valence electrons. The van der Waals surface area contributed by atoms with Crippen molar-refractivity contribution >= 4 is 30.1 Å². The molecule has 2 amide bonds. The molecule has 2 atom stereocenters. The molecule has 1 aromatic carbocycles. The van der Waals surface area contributed by atoms with E-state index in [0.717, 1.165) is 56.8 Å². The summed E-state index contributed by atoms with van der Waals surface area (Å²) in [5, 5.41) is 23.2. The van der Waals surface area contributed by atoms with Crippen LogP contribution in [0.2, 0.25) is 0 Å². The zero-order chi connectivity index (χ0) is 30.6. The van der Waals surface area contributed by atoms with E-state index in [2.05, 4.69) is 20.0 Å². The SMILES string of the molecule is [C-]#[N+]C(=CC(C)(C)N1CCN(C2COC2)CC1)C(=O)N1CCC[C@@H]1COC(=O)N[C@@H](Cc1coc2ccccc12)B(O)O. The smallest absolute Gasteiger partial charge is 0.464 e. The first-order valence-corrected chi connectivity index (χ1v) is 14.9. The van der Waals surface area contributed by atoms with Crippen LogP contribution in [0.15, 0.2) is 46.7 Å². The summed E-state index contributed by atoms with van der Waals surface area (Å²) in [4.78, 5) is 36.1. The van der Waals surface area contributed by atoms with Crippen molar-refractivity contribution < 1.29 is 33.5 Å². The van der Waals surface area contributed by atoms with Gasteiger partial charge in [0, 0.05) is 43.6 Å². The van der Waals surface area contributed by atoms with E-state index in [1.165, 1.54) is 6.26 Å². The van der Waals surface area contributed by atoms with Crippen LogP contribution in [0.5, 0.6) is 0 Å². The average molecular weight is 593 g/mol. The van der Waals surface area contributed by atoms with Gasteiger partial charge >= 0.3 is 13.2 Å². The maximum absolute atomic E-state index is 13.5. The molecule has 3 aliphatic rings. The Hall–Kier alpha value is -3.41. The fourth-order valence-corrected chi connectivity index (χ4v) is 6.11. The molecule has 43 heavy (non-hydrogen) atoms. The number of carbonyl (C=O) groups excluding carboxylic acids is 2. The highest BCUT2D eigenvalue weighted by molar-refractivity contribution is 6.43. The minimum Gasteiger partial charge on any atom is -0.464 e. The van der Waals surface area contributed by atoms with Gasteiger partial charge in [-0.15, -0.1) is 0 Å². The Morgan fingerprint density at radius 2 is 1.95 bits per heavy atom. The van der Waals surface area contributed by atoms with Gasteiger partial charge in [-0.3, -0.25) is 14.6 Å². The summed E-state index contributed by atoms with van der Waals surface area (Å²) in [6, 6.07) is 7.47. The van der Waals surface area contributed by atoms with E-state index in [1.54, 1.807) is 11.0 Å². The molecule has 0 bridgehead atoms. The Labute approximate surface area is 252 Å². The van der Waals surface area contributed by atoms with Gasteiger partial charge in [-0.05, 0) is 44.7 Å². The maximum atomic E-state index is 13.5. The summed E-state index contributed by atoms with van der Waals surface area (Å²) >= 11 is 0. The highest BCUT2D eigenvalue weighted by Crippen LogP contribution is 2.26. The predicted octanol–water partition coefficient (Wildman–Crippen LogP) is 1.67. The molecule has 0 saturated carbocycles. The molecular weight excluding hydrogens is 553 g/mol. The number of para-hydroxylation sites is 1. The molecule has 1 aromatic heterocycles. The molecule has 13 heteroatoms. The molecule has 3 fully saturated rings. The number of amides is 2. The van der Waals surface area contributed by atoms with Gasteiger partial charge in [-0.1, -0.05) is 24.3 Å². The number of hydrogen-bond acceptors (Lipinski definition) is 9. The lowest BCUT2D eigenvalue weighted by atomic mass is 9.76. The second-order valence-electron chi connectivity index (χ2n) is 12.0. The van der Waals surface area contributed by atoms with Crippen LogP contribution in [0, 0.1) is 6.57 Å². The summed E-state index contributed by atoms with van der Waals surface area (Å²) in [6.07, 6.45) is 3.96. The van der Waals surface area contributed by atoms with Gasteiger partial charge in [0.15, 0.2) is 0 Å². The van der Waals surface area contributed by atoms with E-state index in [1.807, 2.05) is 38.1 Å². The third kappa shape index (κ3) is 7.22. The number of nitrogens with zero attached hydrogens (tertiary/aromatic N) is 4. The van der Waals surface area contributed by atoms with Crippen LogP contribution in [-0.2, 0) is 20.7 Å². The first-order valence-electron chi connectivity index (χ1n) is 14.9. The van der Waals surface area contributed by atoms with Crippen LogP contribution in [-0.4, -0.2) is 120 Å². The van der Waals surface area contributed by atoms with Crippen molar-refractivity contribution in [2.75, 3.05) is 52.5 Å². The summed E-state index contributed by atoms with van der Waals surface area (Å²) in [7, 11) is -1.82. The topological polar surface area (TPSA) is 132 Å². The fraction of sp³-hybridized carbons (Fsp3) is 0.567. The fourth-order valence-electron chi connectivity index (χ4n) is 6.11. The molecule has 0 aliphatic carbocycles. The van der Waals surface area contributed by atoms with E-state index in [0.29, 0.717) is 24.6 Å². The summed E-state index contributed by atoms with van der Waals surface area (Å²) in [5.74, 6) is -1.40. The Morgan fingerprint density at radius 3 is 2.63 bits per heavy atom. The number of ether oxygens (including phenoxy) is 2. The predicted molar refractivity (Wildman–Crippen MR) is 160 cm³/mol. The highest BCUT2D eigenvalue weighted by Gasteiger charge is 2.36. The molecule has 5 rings (SSSR count). The number of carbonyl (C=O) groups is 2. The van der Waals surface area contributed by atoms with Crippen molar-refractivity contribution in [3.05, 3.63) is 59.3 Å². The summed E-state index contributed by atoms with van der Waals surface area (Å²) in [5.41, 5.74) is 0.962. The van der Waals surface area contributed by atoms with E-state index >= 15 is 0 Å². The first kappa shape index (κ1) is 31.0. The standard InChI is InChI=1S/C30H40BN5O7/c1-30(2,35-13-11-34(12-14-35)23-18-41-19-23)16-25(32-3)28(37)36-10-6-7-22(36)20-43-29(38)33-27(31(39)40)15-21-17-42-26-9-5-4-8-24(21)26/h4-5,8-9,16-17,22-23,27,39-40H,6-7,10-15,18-20H2,1-2H3,(H,33,38)/t22-,27+/m1/s1. The minimum atomic E-state index is -1.82. The van der Waals surface area contributed by atoms with Gasteiger partial charge < -0.3 is 34.2 Å². The highest BCUT2D eigenvalue weighted by atomic mass is 16.5. The number of furan rings is 1. The van der Waals surface area contributed by atoms with Gasteiger partial charge in [0.2, 0.25) is 5.70 Å². The average Bonchev–Trinajstić information content (AvgIpc) is 3.61. The van der Waals surface area contributed by atoms with Gasteiger partial charge in [-0.2, -0.15) is 0 Å². The van der Waals surface area contributed by atoms with Crippen molar-refractivity contribution in [2.24, 2.45) is 0 Å². The third-order valence-electron chi connectivity index (χ3n) is 8.80. The minimum absolute atomic E-state index is 0.0620. The van der Waals surface area contributed by atoms with E-state index in [9.17, 15) is 19.6 Å². The van der Waals surface area contributed by atoms with Gasteiger partial charge in [0.25, 0.3) is 5.91 Å². The van der Waals surface area contributed by atoms with Gasteiger partial charge in [0.05, 0.1) is 44.1 Å². The van der Waals surface area contributed by atoms with Crippen LogP contribution in [0.4, 0.5) is 4.79 Å². The number of fused-ring (bicyclic) bond motifs is 1. The monoisotopic (exact) mass is 593 g/mol. The largest absolute Gasteiger partial charge is 0.475 e. The maximum Gasteiger partial charge on any atom is 0.475 e. The quantitative estimate of drug-likeness (QED) is 0.214. The lowest BCUT2D eigenvalue weighted by molar-refractivity contribution is -0.128. The Bertz CT molecular complexity index is 1360. The van der Waals surface area contributed by atoms with Crippen molar-refractivity contribution in [2.45, 2.75) is 56.7 Å². The number of piperazine rings is 1. The molecule has 0 spiro atoms. The molecule has 0 unspecified atom stereocenters. The summed E-state index contributed by atoms with van der Waals surface area (Å²) < 4.78 is 16.3. The van der Waals surface area contributed by atoms with E-state index in [4.69, 9.17) is 20.5 Å². The second-order valence-corrected chi connectivity index (χ2v) is 12.0. The van der Waals surface area contributed by atoms with Crippen molar-refractivity contribution in [1.29, 1.82) is 0 Å². The molecule has 3 saturated heterocycles. The normalized spacial score (nSPS) is 21.3. The lowest BCUT2D eigenvalue weighted by Crippen LogP contribution is -2.59. The van der Waals surface area contributed by atoms with Gasteiger partial charge in [-0.25, -0.2) is 9.64 Å². The van der Waals surface area contributed by atoms with E-state index < -0.39 is 24.7 Å². The Balaban J connectivity index is 1.15. The van der Waals surface area contributed by atoms with E-state index in [-0.39, 0.29) is 30.7 Å². The molecule has 0 radical (unpaired) electrons. The van der Waals surface area contributed by atoms with Crippen LogP contribution < -0.4 is 5.32 Å². The number of benzene rings is 1. The molecular formula is C30H40BN5O7. The molecule has 4 heterocycles. The number of hydrogen-bond donors (Lipinski definition) is 3. The van der Waals surface area contributed by atoms with Crippen molar-refractivity contribution in [3.8, 4) is 0 Å². The second kappa shape index (κ2) is 13.5. The van der Waals surface area contributed by atoms with Gasteiger partial charge in [0.1, 0.15) is 12.2 Å². The number of rotatable bonds is 10. The zero-order valence-corrected chi connectivity index (χ0v) is 24.8. The van der Waals surface area contributed by atoms with Crippen molar-refractivity contribution in [1.82, 2.24) is 20.0 Å². The lowest BCUT2D eigenvalue weighted by Gasteiger charge is -2.47. The van der Waals surface area contributed by atoms with Crippen LogP contribution >= 0.6 is 0 Å². The Morgan fingerprint density at radius 1 is 1.21 bits per heavy atom. The van der Waals surface area contributed by atoms with Crippen LogP contribution in [0.25, 0.3) is 15.8 Å². The molecule has 3 aliphatic heterocycles. The summed E-state index contributed by atoms with van der Waals surface area (Å²) in [6.45, 7) is 17.3. The zero-order valence-electron chi connectivity index (χ0n) is 24.8. The number of nitrogens with one attached hydrogen (secondary N) is 1. The number of likely N-dealkylation sites (tertiary alicyclic amines) is 1. The molecule has 3 N–H and O–H groups in total. The Kier molecular flexibility index (Phi) is 9.73. The third-order valence-corrected chi connectivity index (χ3v) is 8.80. The molecule has 2 aromatic rings. The van der Waals surface area contributed by atoms with Crippen LogP contribution in [0.1, 0.15) is 32.3 Å². The first-order chi connectivity index (χ1) is 20.7. The molecule has 12 nitrogen and oxygen atoms in total.